The molecule has 124 valence electrons. The molecule has 0 atom stereocenters. The van der Waals surface area contributed by atoms with Crippen molar-refractivity contribution in [2.24, 2.45) is 5.10 Å². The van der Waals surface area contributed by atoms with Gasteiger partial charge in [-0.1, -0.05) is 13.0 Å². The number of rotatable bonds is 8. The molecule has 1 N–H and O–H groups in total. The fourth-order valence-corrected chi connectivity index (χ4v) is 3.50. The van der Waals surface area contributed by atoms with Gasteiger partial charge in [0.05, 0.1) is 19.9 Å². The summed E-state index contributed by atoms with van der Waals surface area (Å²) >= 11 is 1.13. The number of hydrazone groups is 1. The van der Waals surface area contributed by atoms with Crippen LogP contribution in [-0.4, -0.2) is 28.3 Å². The Morgan fingerprint density at radius 1 is 1.30 bits per heavy atom. The van der Waals surface area contributed by atoms with Gasteiger partial charge in [0.25, 0.3) is 10.0 Å². The number of methoxy groups -OCH3 is 1. The number of nitrogens with one attached hydrogen (secondary N) is 1. The highest BCUT2D eigenvalue weighted by Crippen LogP contribution is 2.27. The minimum Gasteiger partial charge on any atom is -0.493 e. The van der Waals surface area contributed by atoms with Gasteiger partial charge in [-0.05, 0) is 41.6 Å². The van der Waals surface area contributed by atoms with Crippen molar-refractivity contribution < 1.29 is 17.9 Å². The maximum Gasteiger partial charge on any atom is 0.286 e. The van der Waals surface area contributed by atoms with Crippen LogP contribution >= 0.6 is 11.3 Å². The maximum absolute atomic E-state index is 11.9. The van der Waals surface area contributed by atoms with Crippen LogP contribution in [0.2, 0.25) is 0 Å². The van der Waals surface area contributed by atoms with E-state index in [0.717, 1.165) is 17.8 Å². The molecule has 1 aromatic carbocycles. The maximum atomic E-state index is 11.9. The summed E-state index contributed by atoms with van der Waals surface area (Å²) in [7, 11) is -2.04. The third-order valence-electron chi connectivity index (χ3n) is 2.80. The van der Waals surface area contributed by atoms with E-state index in [1.54, 1.807) is 36.8 Å². The second-order valence-electron chi connectivity index (χ2n) is 4.54. The first-order valence-electron chi connectivity index (χ1n) is 6.96. The molecule has 0 aliphatic heterocycles. The van der Waals surface area contributed by atoms with Gasteiger partial charge in [-0.15, -0.1) is 11.3 Å². The van der Waals surface area contributed by atoms with Crippen LogP contribution < -0.4 is 14.3 Å². The molecule has 0 saturated carbocycles. The summed E-state index contributed by atoms with van der Waals surface area (Å²) in [4.78, 5) is 2.18. The number of sulfonamides is 1. The first kappa shape index (κ1) is 17.3. The molecule has 0 spiro atoms. The van der Waals surface area contributed by atoms with Crippen molar-refractivity contribution >= 4 is 27.6 Å². The lowest BCUT2D eigenvalue weighted by atomic mass is 10.2. The highest BCUT2D eigenvalue weighted by molar-refractivity contribution is 7.91. The van der Waals surface area contributed by atoms with Crippen molar-refractivity contribution in [3.8, 4) is 11.5 Å². The van der Waals surface area contributed by atoms with Crippen molar-refractivity contribution in [3.63, 3.8) is 0 Å². The second-order valence-corrected chi connectivity index (χ2v) is 7.38. The van der Waals surface area contributed by atoms with Gasteiger partial charge in [0.1, 0.15) is 4.21 Å². The summed E-state index contributed by atoms with van der Waals surface area (Å²) in [6.45, 7) is 2.58. The normalized spacial score (nSPS) is 11.6. The number of hydrogen-bond donors (Lipinski definition) is 1. The van der Waals surface area contributed by atoms with Crippen LogP contribution in [0.25, 0.3) is 0 Å². The number of ether oxygens (including phenoxy) is 2. The molecule has 0 aliphatic carbocycles. The fraction of sp³-hybridized carbons (Fsp3) is 0.267. The van der Waals surface area contributed by atoms with Gasteiger partial charge in [0.15, 0.2) is 11.5 Å². The first-order valence-corrected chi connectivity index (χ1v) is 9.32. The standard InChI is InChI=1S/C15H18N2O4S2/c1-3-8-21-14-10-12(6-7-13(14)20-2)11-16-17-23(18,19)15-5-4-9-22-15/h4-7,9-11,17H,3,8H2,1-2H3/b16-11+. The van der Waals surface area contributed by atoms with E-state index >= 15 is 0 Å². The molecule has 0 saturated heterocycles. The van der Waals surface area contributed by atoms with E-state index in [2.05, 4.69) is 9.93 Å². The van der Waals surface area contributed by atoms with Gasteiger partial charge in [-0.25, -0.2) is 0 Å². The van der Waals surface area contributed by atoms with Crippen LogP contribution in [0, 0.1) is 0 Å². The molecule has 0 bridgehead atoms. The first-order chi connectivity index (χ1) is 11.1. The quantitative estimate of drug-likeness (QED) is 0.584. The Labute approximate surface area is 139 Å². The lowest BCUT2D eigenvalue weighted by molar-refractivity contribution is 0.294. The van der Waals surface area contributed by atoms with Crippen LogP contribution in [0.5, 0.6) is 11.5 Å². The minimum absolute atomic E-state index is 0.219. The zero-order valence-electron chi connectivity index (χ0n) is 12.9. The van der Waals surface area contributed by atoms with Gasteiger partial charge in [-0.3, -0.25) is 0 Å². The van der Waals surface area contributed by atoms with Crippen molar-refractivity contribution in [3.05, 3.63) is 41.3 Å². The van der Waals surface area contributed by atoms with E-state index in [9.17, 15) is 8.42 Å². The highest BCUT2D eigenvalue weighted by atomic mass is 32.2. The Balaban J connectivity index is 2.10. The predicted octanol–water partition coefficient (Wildman–Crippen LogP) is 2.86. The summed E-state index contributed by atoms with van der Waals surface area (Å²) in [6, 6.07) is 8.45. The molecule has 2 aromatic rings. The predicted molar refractivity (Wildman–Crippen MR) is 91.0 cm³/mol. The minimum atomic E-state index is -3.61. The molecule has 1 heterocycles. The summed E-state index contributed by atoms with van der Waals surface area (Å²) < 4.78 is 34.9. The molecular formula is C15H18N2O4S2. The van der Waals surface area contributed by atoms with Gasteiger partial charge < -0.3 is 9.47 Å². The smallest absolute Gasteiger partial charge is 0.286 e. The molecule has 2 rings (SSSR count). The van der Waals surface area contributed by atoms with E-state index in [1.165, 1.54) is 12.3 Å². The van der Waals surface area contributed by atoms with Crippen LogP contribution in [0.15, 0.2) is 45.0 Å². The van der Waals surface area contributed by atoms with E-state index in [-0.39, 0.29) is 4.21 Å². The van der Waals surface area contributed by atoms with Crippen LogP contribution in [0.1, 0.15) is 18.9 Å². The Bertz CT molecular complexity index is 756. The molecule has 23 heavy (non-hydrogen) atoms. The third kappa shape index (κ3) is 4.70. The molecule has 0 radical (unpaired) electrons. The number of hydrogen-bond acceptors (Lipinski definition) is 6. The monoisotopic (exact) mass is 354 g/mol. The van der Waals surface area contributed by atoms with Gasteiger partial charge in [-0.2, -0.15) is 18.4 Å². The molecule has 6 nitrogen and oxygen atoms in total. The summed E-state index contributed by atoms with van der Waals surface area (Å²) in [5, 5.41) is 5.49. The van der Waals surface area contributed by atoms with E-state index in [4.69, 9.17) is 9.47 Å². The Morgan fingerprint density at radius 3 is 2.78 bits per heavy atom. The van der Waals surface area contributed by atoms with Crippen LogP contribution in [-0.2, 0) is 10.0 Å². The van der Waals surface area contributed by atoms with Crippen molar-refractivity contribution in [1.82, 2.24) is 4.83 Å². The van der Waals surface area contributed by atoms with Crippen molar-refractivity contribution in [1.29, 1.82) is 0 Å². The Morgan fingerprint density at radius 2 is 2.13 bits per heavy atom. The molecule has 0 amide bonds. The SMILES string of the molecule is CCCOc1cc(/C=N/NS(=O)(=O)c2cccs2)ccc1OC. The molecule has 0 aliphatic rings. The van der Waals surface area contributed by atoms with E-state index in [1.807, 2.05) is 6.92 Å². The van der Waals surface area contributed by atoms with E-state index in [0.29, 0.717) is 23.7 Å². The Kier molecular flexibility index (Phi) is 6.00. The molecule has 8 heteroatoms. The third-order valence-corrected chi connectivity index (χ3v) is 5.42. The molecule has 0 unspecified atom stereocenters. The number of thiophene rings is 1. The van der Waals surface area contributed by atoms with Crippen LogP contribution in [0.4, 0.5) is 0 Å². The zero-order chi connectivity index (χ0) is 16.7. The molecular weight excluding hydrogens is 336 g/mol. The van der Waals surface area contributed by atoms with E-state index < -0.39 is 10.0 Å². The van der Waals surface area contributed by atoms with Crippen molar-refractivity contribution in [2.45, 2.75) is 17.6 Å². The average Bonchev–Trinajstić information content (AvgIpc) is 3.08. The zero-order valence-corrected chi connectivity index (χ0v) is 14.5. The fourth-order valence-electron chi connectivity index (χ4n) is 1.73. The highest BCUT2D eigenvalue weighted by Gasteiger charge is 2.13. The lowest BCUT2D eigenvalue weighted by Crippen LogP contribution is -2.17. The van der Waals surface area contributed by atoms with Gasteiger partial charge in [0.2, 0.25) is 0 Å². The number of benzene rings is 1. The second kappa shape index (κ2) is 7.98. The Hall–Kier alpha value is -2.06. The summed E-state index contributed by atoms with van der Waals surface area (Å²) in [5.74, 6) is 1.22. The van der Waals surface area contributed by atoms with Crippen molar-refractivity contribution in [2.75, 3.05) is 13.7 Å². The molecule has 0 fully saturated rings. The average molecular weight is 354 g/mol. The summed E-state index contributed by atoms with van der Waals surface area (Å²) in [6.07, 6.45) is 2.30. The van der Waals surface area contributed by atoms with Crippen LogP contribution in [0.3, 0.4) is 0 Å². The number of nitrogens with zero attached hydrogens (tertiary/aromatic N) is 1. The lowest BCUT2D eigenvalue weighted by Gasteiger charge is -2.10. The topological polar surface area (TPSA) is 77.0 Å². The largest absolute Gasteiger partial charge is 0.493 e. The summed E-state index contributed by atoms with van der Waals surface area (Å²) in [5.41, 5.74) is 0.700. The van der Waals surface area contributed by atoms with Gasteiger partial charge in [0, 0.05) is 0 Å². The molecule has 1 aromatic heterocycles. The van der Waals surface area contributed by atoms with Gasteiger partial charge >= 0.3 is 0 Å².